The van der Waals surface area contributed by atoms with Crippen molar-refractivity contribution in [3.63, 3.8) is 0 Å². The molecular formula is C10H12Br2N2O. The van der Waals surface area contributed by atoms with Crippen molar-refractivity contribution in [2.24, 2.45) is 0 Å². The predicted octanol–water partition coefficient (Wildman–Crippen LogP) is 2.54. The molecule has 1 aromatic heterocycles. The maximum absolute atomic E-state index is 5.55. The smallest absolute Gasteiger partial charge is 0.123 e. The molecule has 0 amide bonds. The van der Waals surface area contributed by atoms with Gasteiger partial charge in [-0.05, 0) is 34.5 Å². The van der Waals surface area contributed by atoms with Gasteiger partial charge >= 0.3 is 0 Å². The monoisotopic (exact) mass is 334 g/mol. The summed E-state index contributed by atoms with van der Waals surface area (Å²) in [7, 11) is 0. The number of pyridine rings is 1. The number of rotatable bonds is 2. The van der Waals surface area contributed by atoms with Gasteiger partial charge in [0.1, 0.15) is 11.9 Å². The Bertz CT molecular complexity index is 371. The minimum atomic E-state index is 0. The van der Waals surface area contributed by atoms with E-state index in [0.717, 1.165) is 10.0 Å². The van der Waals surface area contributed by atoms with Crippen molar-refractivity contribution in [3.8, 4) is 12.0 Å². The molecule has 0 spiro atoms. The summed E-state index contributed by atoms with van der Waals surface area (Å²) in [4.78, 5) is 3.94. The van der Waals surface area contributed by atoms with Gasteiger partial charge in [0, 0.05) is 17.1 Å². The highest BCUT2D eigenvalue weighted by Gasteiger charge is 1.98. The van der Waals surface area contributed by atoms with Crippen LogP contribution >= 0.6 is 32.9 Å². The van der Waals surface area contributed by atoms with Crippen LogP contribution in [0.25, 0.3) is 0 Å². The molecule has 1 heterocycles. The molecule has 0 atom stereocenters. The van der Waals surface area contributed by atoms with Crippen LogP contribution in [0.2, 0.25) is 0 Å². The average molecular weight is 336 g/mol. The van der Waals surface area contributed by atoms with Crippen LogP contribution in [0, 0.1) is 12.0 Å². The number of ether oxygens (including phenoxy) is 1. The first-order valence-corrected chi connectivity index (χ1v) is 5.03. The van der Waals surface area contributed by atoms with E-state index in [2.05, 4.69) is 32.9 Å². The molecule has 0 fully saturated rings. The third-order valence-corrected chi connectivity index (χ3v) is 2.24. The molecule has 0 aromatic carbocycles. The van der Waals surface area contributed by atoms with Crippen molar-refractivity contribution in [3.05, 3.63) is 22.3 Å². The van der Waals surface area contributed by atoms with Gasteiger partial charge in [-0.15, -0.1) is 17.0 Å². The van der Waals surface area contributed by atoms with Gasteiger partial charge in [-0.3, -0.25) is 0 Å². The zero-order valence-electron chi connectivity index (χ0n) is 8.29. The van der Waals surface area contributed by atoms with Crippen LogP contribution in [0.5, 0.6) is 0 Å². The Balaban J connectivity index is 0.00000196. The standard InChI is InChI=1S/C10H11BrN2O.BrH/c1-2-14-5-3-4-8-6-10(12)13-7-9(8)11;/h6-7H,2,4H2,1H3,(H2,12,13);1H. The number of nitrogens with zero attached hydrogens (tertiary/aromatic N) is 1. The Hall–Kier alpha value is -0.730. The van der Waals surface area contributed by atoms with Crippen LogP contribution in [-0.4, -0.2) is 11.6 Å². The second-order valence-corrected chi connectivity index (χ2v) is 3.44. The van der Waals surface area contributed by atoms with Crippen LogP contribution in [0.4, 0.5) is 5.82 Å². The first-order valence-electron chi connectivity index (χ1n) is 4.23. The lowest BCUT2D eigenvalue weighted by Crippen LogP contribution is -1.93. The van der Waals surface area contributed by atoms with Gasteiger partial charge in [0.05, 0.1) is 6.61 Å². The molecule has 0 saturated heterocycles. The van der Waals surface area contributed by atoms with E-state index in [9.17, 15) is 0 Å². The van der Waals surface area contributed by atoms with E-state index in [1.165, 1.54) is 0 Å². The fraction of sp³-hybridized carbons (Fsp3) is 0.300. The van der Waals surface area contributed by atoms with Crippen LogP contribution in [-0.2, 0) is 11.2 Å². The largest absolute Gasteiger partial charge is 0.447 e. The summed E-state index contributed by atoms with van der Waals surface area (Å²) in [5.41, 5.74) is 6.56. The number of anilines is 1. The van der Waals surface area contributed by atoms with Gasteiger partial charge in [-0.25, -0.2) is 4.98 Å². The molecule has 5 heteroatoms. The fourth-order valence-corrected chi connectivity index (χ4v) is 1.25. The summed E-state index contributed by atoms with van der Waals surface area (Å²) in [5, 5.41) is 0. The van der Waals surface area contributed by atoms with E-state index in [4.69, 9.17) is 10.5 Å². The second kappa shape index (κ2) is 7.55. The Kier molecular flexibility index (Phi) is 7.18. The van der Waals surface area contributed by atoms with Crippen LogP contribution in [0.15, 0.2) is 16.7 Å². The molecule has 0 bridgehead atoms. The lowest BCUT2D eigenvalue weighted by atomic mass is 10.2. The molecule has 0 aliphatic rings. The van der Waals surface area contributed by atoms with Gasteiger partial charge in [0.15, 0.2) is 0 Å². The van der Waals surface area contributed by atoms with Crippen molar-refractivity contribution in [1.82, 2.24) is 4.98 Å². The third-order valence-electron chi connectivity index (χ3n) is 1.52. The first-order chi connectivity index (χ1) is 6.74. The number of hydrogen-bond donors (Lipinski definition) is 1. The molecule has 0 unspecified atom stereocenters. The molecule has 0 radical (unpaired) electrons. The number of aromatic nitrogens is 1. The molecule has 1 aromatic rings. The Morgan fingerprint density at radius 2 is 2.33 bits per heavy atom. The molecule has 0 aliphatic carbocycles. The summed E-state index contributed by atoms with van der Waals surface area (Å²) in [5.74, 6) is 3.39. The van der Waals surface area contributed by atoms with Crippen molar-refractivity contribution in [1.29, 1.82) is 0 Å². The first kappa shape index (κ1) is 14.3. The summed E-state index contributed by atoms with van der Waals surface area (Å²) in [6.45, 7) is 2.50. The summed E-state index contributed by atoms with van der Waals surface area (Å²) in [6, 6.07) is 1.80. The second-order valence-electron chi connectivity index (χ2n) is 2.59. The molecule has 0 saturated carbocycles. The van der Waals surface area contributed by atoms with Crippen LogP contribution in [0.3, 0.4) is 0 Å². The summed E-state index contributed by atoms with van der Waals surface area (Å²) in [6.07, 6.45) is 4.88. The van der Waals surface area contributed by atoms with E-state index in [1.807, 2.05) is 6.92 Å². The lowest BCUT2D eigenvalue weighted by molar-refractivity contribution is 0.299. The highest BCUT2D eigenvalue weighted by molar-refractivity contribution is 9.10. The number of nitrogen functional groups attached to an aromatic ring is 1. The van der Waals surface area contributed by atoms with Gasteiger partial charge in [-0.1, -0.05) is 5.92 Å². The Labute approximate surface area is 108 Å². The molecule has 2 N–H and O–H groups in total. The van der Waals surface area contributed by atoms with E-state index in [-0.39, 0.29) is 17.0 Å². The van der Waals surface area contributed by atoms with Gasteiger partial charge < -0.3 is 10.5 Å². The molecule has 3 nitrogen and oxygen atoms in total. The predicted molar refractivity (Wildman–Crippen MR) is 69.8 cm³/mol. The highest BCUT2D eigenvalue weighted by Crippen LogP contribution is 2.17. The van der Waals surface area contributed by atoms with Gasteiger partial charge in [0.2, 0.25) is 0 Å². The van der Waals surface area contributed by atoms with E-state index >= 15 is 0 Å². The van der Waals surface area contributed by atoms with Gasteiger partial charge in [-0.2, -0.15) is 0 Å². The van der Waals surface area contributed by atoms with Crippen molar-refractivity contribution < 1.29 is 4.74 Å². The normalized spacial score (nSPS) is 8.40. The van der Waals surface area contributed by atoms with Crippen LogP contribution in [0.1, 0.15) is 12.5 Å². The summed E-state index contributed by atoms with van der Waals surface area (Å²) < 4.78 is 5.82. The zero-order valence-corrected chi connectivity index (χ0v) is 11.6. The Morgan fingerprint density at radius 1 is 1.60 bits per heavy atom. The van der Waals surface area contributed by atoms with E-state index in [0.29, 0.717) is 18.8 Å². The Morgan fingerprint density at radius 3 is 3.00 bits per heavy atom. The molecule has 0 aliphatic heterocycles. The van der Waals surface area contributed by atoms with Crippen molar-refractivity contribution >= 4 is 38.7 Å². The molecular weight excluding hydrogens is 324 g/mol. The maximum atomic E-state index is 5.55. The van der Waals surface area contributed by atoms with E-state index in [1.54, 1.807) is 12.3 Å². The lowest BCUT2D eigenvalue weighted by Gasteiger charge is -1.99. The molecule has 15 heavy (non-hydrogen) atoms. The fourth-order valence-electron chi connectivity index (χ4n) is 0.889. The maximum Gasteiger partial charge on any atom is 0.123 e. The molecule has 82 valence electrons. The highest BCUT2D eigenvalue weighted by atomic mass is 79.9. The van der Waals surface area contributed by atoms with Crippen molar-refractivity contribution in [2.75, 3.05) is 12.3 Å². The minimum Gasteiger partial charge on any atom is -0.447 e. The zero-order chi connectivity index (χ0) is 10.4. The van der Waals surface area contributed by atoms with Gasteiger partial charge in [0.25, 0.3) is 0 Å². The number of halogens is 2. The third kappa shape index (κ3) is 5.05. The van der Waals surface area contributed by atoms with E-state index < -0.39 is 0 Å². The average Bonchev–Trinajstić information content (AvgIpc) is 2.18. The van der Waals surface area contributed by atoms with Crippen LogP contribution < -0.4 is 5.73 Å². The SMILES string of the molecule is Br.CCOC#CCc1cc(N)ncc1Br. The quantitative estimate of drug-likeness (QED) is 0.845. The topological polar surface area (TPSA) is 48.1 Å². The number of hydrogen-bond acceptors (Lipinski definition) is 3. The number of nitrogens with two attached hydrogens (primary N) is 1. The minimum absolute atomic E-state index is 0. The molecule has 1 rings (SSSR count). The summed E-state index contributed by atoms with van der Waals surface area (Å²) >= 11 is 3.37. The van der Waals surface area contributed by atoms with Crippen molar-refractivity contribution in [2.45, 2.75) is 13.3 Å².